The summed E-state index contributed by atoms with van der Waals surface area (Å²) in [7, 11) is 4.39. The van der Waals surface area contributed by atoms with Crippen molar-refractivity contribution in [2.75, 3.05) is 27.2 Å². The number of para-hydroxylation sites is 1. The number of hydrogen-bond acceptors (Lipinski definition) is 3. The van der Waals surface area contributed by atoms with Gasteiger partial charge in [0.05, 0.1) is 0 Å². The lowest BCUT2D eigenvalue weighted by Crippen LogP contribution is -2.46. The average Bonchev–Trinajstić information content (AvgIpc) is 2.41. The number of phenols is 1. The third kappa shape index (κ3) is 3.28. The lowest BCUT2D eigenvalue weighted by atomic mass is 9.97. The van der Waals surface area contributed by atoms with Gasteiger partial charge in [-0.15, -0.1) is 0 Å². The molecule has 0 radical (unpaired) electrons. The highest BCUT2D eigenvalue weighted by Crippen LogP contribution is 2.32. The van der Waals surface area contributed by atoms with Crippen molar-refractivity contribution in [2.24, 2.45) is 0 Å². The van der Waals surface area contributed by atoms with Crippen LogP contribution in [0.4, 0.5) is 0 Å². The molecule has 1 heterocycles. The van der Waals surface area contributed by atoms with Gasteiger partial charge in [-0.3, -0.25) is 4.90 Å². The van der Waals surface area contributed by atoms with Crippen LogP contribution in [-0.2, 0) is 0 Å². The Balaban J connectivity index is 2.15. The van der Waals surface area contributed by atoms with Crippen molar-refractivity contribution in [1.29, 1.82) is 0 Å². The lowest BCUT2D eigenvalue weighted by molar-refractivity contribution is 0.0953. The average molecular weight is 262 g/mol. The molecule has 0 aliphatic carbocycles. The molecule has 0 bridgehead atoms. The van der Waals surface area contributed by atoms with Crippen molar-refractivity contribution in [1.82, 2.24) is 9.80 Å². The number of benzene rings is 1. The maximum Gasteiger partial charge on any atom is 0.120 e. The maximum atomic E-state index is 10.1. The van der Waals surface area contributed by atoms with Crippen LogP contribution in [0.25, 0.3) is 0 Å². The van der Waals surface area contributed by atoms with Crippen LogP contribution < -0.4 is 0 Å². The van der Waals surface area contributed by atoms with Crippen LogP contribution in [0.3, 0.4) is 0 Å². The predicted octanol–water partition coefficient (Wildman–Crippen LogP) is 2.87. The first-order valence-corrected chi connectivity index (χ1v) is 7.31. The molecule has 0 spiro atoms. The first-order valence-electron chi connectivity index (χ1n) is 7.31. The molecule has 2 atom stereocenters. The Hall–Kier alpha value is -1.06. The Bertz CT molecular complexity index is 407. The van der Waals surface area contributed by atoms with Gasteiger partial charge in [-0.2, -0.15) is 0 Å². The van der Waals surface area contributed by atoms with Gasteiger partial charge in [0.2, 0.25) is 0 Å². The van der Waals surface area contributed by atoms with Crippen molar-refractivity contribution in [3.05, 3.63) is 29.8 Å². The molecule has 0 amide bonds. The molecule has 1 aliphatic heterocycles. The van der Waals surface area contributed by atoms with Gasteiger partial charge >= 0.3 is 0 Å². The molecule has 19 heavy (non-hydrogen) atoms. The Morgan fingerprint density at radius 1 is 1.42 bits per heavy atom. The Morgan fingerprint density at radius 3 is 2.79 bits per heavy atom. The second-order valence-corrected chi connectivity index (χ2v) is 5.71. The lowest BCUT2D eigenvalue weighted by Gasteiger charge is -2.40. The van der Waals surface area contributed by atoms with Gasteiger partial charge < -0.3 is 10.0 Å². The van der Waals surface area contributed by atoms with Crippen molar-refractivity contribution >= 4 is 0 Å². The monoisotopic (exact) mass is 262 g/mol. The highest BCUT2D eigenvalue weighted by molar-refractivity contribution is 5.34. The van der Waals surface area contributed by atoms with E-state index in [2.05, 4.69) is 30.8 Å². The van der Waals surface area contributed by atoms with Crippen LogP contribution in [0.5, 0.6) is 5.75 Å². The number of phenolic OH excluding ortho intramolecular Hbond substituents is 1. The third-order valence-corrected chi connectivity index (χ3v) is 4.35. The molecule has 0 saturated carbocycles. The van der Waals surface area contributed by atoms with E-state index in [1.807, 2.05) is 18.2 Å². The van der Waals surface area contributed by atoms with Gasteiger partial charge in [0.15, 0.2) is 0 Å². The molecule has 1 aromatic carbocycles. The number of piperidine rings is 1. The molecular weight excluding hydrogens is 236 g/mol. The second-order valence-electron chi connectivity index (χ2n) is 5.71. The fourth-order valence-electron chi connectivity index (χ4n) is 3.22. The summed E-state index contributed by atoms with van der Waals surface area (Å²) < 4.78 is 0. The van der Waals surface area contributed by atoms with Crippen molar-refractivity contribution < 1.29 is 5.11 Å². The van der Waals surface area contributed by atoms with Crippen molar-refractivity contribution in [2.45, 2.75) is 38.3 Å². The van der Waals surface area contributed by atoms with Gasteiger partial charge in [0, 0.05) is 24.2 Å². The van der Waals surface area contributed by atoms with E-state index >= 15 is 0 Å². The molecule has 0 aromatic heterocycles. The Labute approximate surface area is 116 Å². The molecule has 1 aliphatic rings. The minimum Gasteiger partial charge on any atom is -0.508 e. The van der Waals surface area contributed by atoms with E-state index in [0.29, 0.717) is 17.8 Å². The highest BCUT2D eigenvalue weighted by Gasteiger charge is 2.27. The molecule has 1 saturated heterocycles. The smallest absolute Gasteiger partial charge is 0.120 e. The zero-order chi connectivity index (χ0) is 13.8. The predicted molar refractivity (Wildman–Crippen MR) is 79.4 cm³/mol. The first-order chi connectivity index (χ1) is 9.13. The molecule has 3 nitrogen and oxygen atoms in total. The van der Waals surface area contributed by atoms with E-state index in [1.165, 1.54) is 19.4 Å². The molecule has 2 unspecified atom stereocenters. The minimum atomic E-state index is 0.303. The molecule has 1 fully saturated rings. The quantitative estimate of drug-likeness (QED) is 0.904. The zero-order valence-electron chi connectivity index (χ0n) is 12.3. The van der Waals surface area contributed by atoms with Crippen LogP contribution in [0.1, 0.15) is 37.8 Å². The minimum absolute atomic E-state index is 0.303. The van der Waals surface area contributed by atoms with Gasteiger partial charge in [-0.05, 0) is 46.0 Å². The zero-order valence-corrected chi connectivity index (χ0v) is 12.3. The highest BCUT2D eigenvalue weighted by atomic mass is 16.3. The maximum absolute atomic E-state index is 10.1. The number of rotatable bonds is 4. The summed E-state index contributed by atoms with van der Waals surface area (Å²) in [5.74, 6) is 0.422. The largest absolute Gasteiger partial charge is 0.508 e. The van der Waals surface area contributed by atoms with Crippen LogP contribution >= 0.6 is 0 Å². The summed E-state index contributed by atoms with van der Waals surface area (Å²) >= 11 is 0. The van der Waals surface area contributed by atoms with E-state index < -0.39 is 0 Å². The van der Waals surface area contributed by atoms with Gasteiger partial charge in [0.1, 0.15) is 5.75 Å². The van der Waals surface area contributed by atoms with Crippen molar-refractivity contribution in [3.8, 4) is 5.75 Å². The normalized spacial score (nSPS) is 22.6. The third-order valence-electron chi connectivity index (χ3n) is 4.35. The van der Waals surface area contributed by atoms with Gasteiger partial charge in [-0.25, -0.2) is 0 Å². The molecule has 106 valence electrons. The van der Waals surface area contributed by atoms with Crippen LogP contribution in [-0.4, -0.2) is 48.1 Å². The number of likely N-dealkylation sites (tertiary alicyclic amines) is 1. The summed E-state index contributed by atoms with van der Waals surface area (Å²) in [6, 6.07) is 8.63. The van der Waals surface area contributed by atoms with E-state index in [0.717, 1.165) is 18.5 Å². The summed E-state index contributed by atoms with van der Waals surface area (Å²) in [6.07, 6.45) is 3.54. The molecule has 1 N–H and O–H groups in total. The van der Waals surface area contributed by atoms with Gasteiger partial charge in [-0.1, -0.05) is 25.1 Å². The van der Waals surface area contributed by atoms with E-state index in [9.17, 15) is 5.11 Å². The number of hydrogen-bond donors (Lipinski definition) is 1. The van der Waals surface area contributed by atoms with E-state index in [-0.39, 0.29) is 0 Å². The number of likely N-dealkylation sites (N-methyl/N-ethyl adjacent to an activating group) is 2. The number of aromatic hydroxyl groups is 1. The second kappa shape index (κ2) is 6.40. The summed E-state index contributed by atoms with van der Waals surface area (Å²) in [6.45, 7) is 4.53. The first kappa shape index (κ1) is 14.4. The van der Waals surface area contributed by atoms with Crippen LogP contribution in [0.2, 0.25) is 0 Å². The Morgan fingerprint density at radius 2 is 2.16 bits per heavy atom. The molecule has 2 rings (SSSR count). The molecule has 1 aromatic rings. The van der Waals surface area contributed by atoms with Crippen molar-refractivity contribution in [3.63, 3.8) is 0 Å². The molecular formula is C16H26N2O. The standard InChI is InChI=1S/C16H26N2O/c1-4-15(14-9-5-6-10-16(14)19)18(3)13-8-7-11-17(2)12-13/h5-6,9-10,13,15,19H,4,7-8,11-12H2,1-3H3. The summed E-state index contributed by atoms with van der Waals surface area (Å²) in [5.41, 5.74) is 1.06. The Kier molecular flexibility index (Phi) is 4.83. The fraction of sp³-hybridized carbons (Fsp3) is 0.625. The SMILES string of the molecule is CCC(c1ccccc1O)N(C)C1CCCN(C)C1. The summed E-state index contributed by atoms with van der Waals surface area (Å²) in [4.78, 5) is 4.85. The van der Waals surface area contributed by atoms with E-state index in [1.54, 1.807) is 6.07 Å². The topological polar surface area (TPSA) is 26.7 Å². The van der Waals surface area contributed by atoms with Gasteiger partial charge in [0.25, 0.3) is 0 Å². The number of nitrogens with zero attached hydrogens (tertiary/aromatic N) is 2. The summed E-state index contributed by atoms with van der Waals surface area (Å²) in [5, 5.41) is 10.1. The van der Waals surface area contributed by atoms with Crippen LogP contribution in [0.15, 0.2) is 24.3 Å². The van der Waals surface area contributed by atoms with E-state index in [4.69, 9.17) is 0 Å². The fourth-order valence-corrected chi connectivity index (χ4v) is 3.22. The molecule has 3 heteroatoms. The van der Waals surface area contributed by atoms with Crippen LogP contribution in [0, 0.1) is 0 Å².